The van der Waals surface area contributed by atoms with E-state index in [0.717, 1.165) is 6.92 Å². The Bertz CT molecular complexity index is 902. The van der Waals surface area contributed by atoms with E-state index in [1.807, 2.05) is 0 Å². The van der Waals surface area contributed by atoms with Gasteiger partial charge in [-0.15, -0.1) is 0 Å². The number of hydrogen-bond donors (Lipinski definition) is 2. The van der Waals surface area contributed by atoms with Crippen molar-refractivity contribution < 1.29 is 27.7 Å². The van der Waals surface area contributed by atoms with E-state index in [9.17, 15) is 19.5 Å². The Morgan fingerprint density at radius 3 is 2.85 bits per heavy atom. The summed E-state index contributed by atoms with van der Waals surface area (Å²) in [5.74, 6) is -5.66. The highest BCUT2D eigenvalue weighted by atomic mass is 16.3. The maximum atomic E-state index is 12.9. The minimum Gasteiger partial charge on any atom is -0.385 e. The molecular formula is C20H28N2O4. The first-order chi connectivity index (χ1) is 14.5. The third-order valence-electron chi connectivity index (χ3n) is 4.36. The molecule has 2 amide bonds. The number of Topliss-reactive ketones (excluding diaryl/α,β-unsaturated/α-hetero) is 1. The van der Waals surface area contributed by atoms with Crippen molar-refractivity contribution in [3.63, 3.8) is 0 Å². The van der Waals surface area contributed by atoms with Crippen LogP contribution in [0.25, 0.3) is 0 Å². The smallest absolute Gasteiger partial charge is 0.249 e. The number of aliphatic hydroxyl groups excluding tert-OH is 1. The van der Waals surface area contributed by atoms with Crippen molar-refractivity contribution in [3.05, 3.63) is 35.4 Å². The van der Waals surface area contributed by atoms with Crippen molar-refractivity contribution in [2.45, 2.75) is 45.6 Å². The summed E-state index contributed by atoms with van der Waals surface area (Å²) in [7, 11) is 1.43. The van der Waals surface area contributed by atoms with Crippen molar-refractivity contribution in [2.75, 3.05) is 13.6 Å². The Kier molecular flexibility index (Phi) is 4.23. The van der Waals surface area contributed by atoms with Crippen LogP contribution in [0.5, 0.6) is 0 Å². The molecule has 0 spiro atoms. The Morgan fingerprint density at radius 1 is 1.46 bits per heavy atom. The monoisotopic (exact) mass is 366 g/mol. The molecule has 0 aliphatic carbocycles. The minimum atomic E-state index is -2.91. The summed E-state index contributed by atoms with van der Waals surface area (Å²) in [6.07, 6.45) is -4.49. The lowest BCUT2D eigenvalue weighted by molar-refractivity contribution is -0.137. The van der Waals surface area contributed by atoms with Crippen LogP contribution < -0.4 is 5.32 Å². The molecule has 6 heteroatoms. The summed E-state index contributed by atoms with van der Waals surface area (Å²) >= 11 is 0. The molecule has 1 aromatic carbocycles. The molecule has 1 unspecified atom stereocenters. The molecule has 1 aliphatic rings. The number of nitrogens with zero attached hydrogens (tertiary/aromatic N) is 1. The number of nitrogens with one attached hydrogen (secondary N) is 1. The number of carbonyl (C=O) groups excluding carboxylic acids is 3. The number of carbonyl (C=O) groups is 3. The first kappa shape index (κ1) is 13.0. The number of amides is 2. The Morgan fingerprint density at radius 2 is 2.15 bits per heavy atom. The highest BCUT2D eigenvalue weighted by Gasteiger charge is 2.32. The Labute approximate surface area is 163 Å². The van der Waals surface area contributed by atoms with Gasteiger partial charge in [-0.3, -0.25) is 14.4 Å². The van der Waals surface area contributed by atoms with E-state index in [1.165, 1.54) is 18.9 Å². The summed E-state index contributed by atoms with van der Waals surface area (Å²) < 4.78 is 46.5. The van der Waals surface area contributed by atoms with E-state index in [2.05, 4.69) is 5.32 Å². The quantitative estimate of drug-likeness (QED) is 0.798. The molecule has 4 atom stereocenters. The van der Waals surface area contributed by atoms with Crippen LogP contribution in [0, 0.1) is 11.8 Å². The molecule has 1 aromatic rings. The highest BCUT2D eigenvalue weighted by Crippen LogP contribution is 2.25. The number of benzene rings is 1. The second kappa shape index (κ2) is 8.45. The van der Waals surface area contributed by atoms with Gasteiger partial charge in [-0.2, -0.15) is 0 Å². The molecule has 1 aliphatic heterocycles. The lowest BCUT2D eigenvalue weighted by Crippen LogP contribution is -2.43. The Hall–Kier alpha value is -2.21. The molecule has 0 saturated heterocycles. The van der Waals surface area contributed by atoms with Crippen LogP contribution in [0.1, 0.15) is 52.5 Å². The number of ketones is 1. The van der Waals surface area contributed by atoms with Crippen LogP contribution in [0.4, 0.5) is 0 Å². The summed E-state index contributed by atoms with van der Waals surface area (Å²) in [5.41, 5.74) is 0.574. The zero-order valence-corrected chi connectivity index (χ0v) is 15.1. The fourth-order valence-electron chi connectivity index (χ4n) is 2.72. The maximum Gasteiger partial charge on any atom is 0.249 e. The molecule has 2 rings (SSSR count). The molecule has 0 radical (unpaired) electrons. The van der Waals surface area contributed by atoms with Gasteiger partial charge in [0.25, 0.3) is 0 Å². The molecule has 1 heterocycles. The summed E-state index contributed by atoms with van der Waals surface area (Å²) in [6.45, 7) is -0.800. The number of aliphatic hydroxyl groups is 1. The predicted molar refractivity (Wildman–Crippen MR) is 98.3 cm³/mol. The lowest BCUT2D eigenvalue weighted by Gasteiger charge is -2.24. The van der Waals surface area contributed by atoms with Crippen LogP contribution in [0.3, 0.4) is 0 Å². The standard InChI is InChI=1S/C20H28N2O4/c1-12(2)18(24)16(23)11-13(3)19(25)21-17-15-8-6-5-7-14(15)9-10-22(4)20(17)26/h5-8,12-13,17-18,24H,9-11H2,1-4H3,(H,21,25)/t13-,17+,18+/m1/s1/i1D3,9D2,12D/t12?,13-,17+,18+. The van der Waals surface area contributed by atoms with E-state index < -0.39 is 61.2 Å². The molecule has 26 heavy (non-hydrogen) atoms. The number of rotatable bonds is 6. The normalized spacial score (nSPS) is 27.6. The Balaban J connectivity index is 2.22. The molecule has 0 aromatic heterocycles. The molecule has 142 valence electrons. The van der Waals surface area contributed by atoms with Crippen LogP contribution in [0.15, 0.2) is 24.3 Å². The number of likely N-dealkylation sites (N-methyl/N-ethyl adjacent to an activating group) is 1. The van der Waals surface area contributed by atoms with Gasteiger partial charge in [0, 0.05) is 34.2 Å². The van der Waals surface area contributed by atoms with E-state index >= 15 is 0 Å². The van der Waals surface area contributed by atoms with Crippen LogP contribution in [-0.4, -0.2) is 47.3 Å². The third kappa shape index (κ3) is 4.49. The molecule has 2 N–H and O–H groups in total. The summed E-state index contributed by atoms with van der Waals surface area (Å²) in [4.78, 5) is 39.2. The van der Waals surface area contributed by atoms with Gasteiger partial charge in [-0.25, -0.2) is 0 Å². The van der Waals surface area contributed by atoms with Crippen LogP contribution >= 0.6 is 0 Å². The molecule has 0 bridgehead atoms. The third-order valence-corrected chi connectivity index (χ3v) is 4.36. The van der Waals surface area contributed by atoms with Gasteiger partial charge < -0.3 is 15.3 Å². The molecule has 0 fully saturated rings. The largest absolute Gasteiger partial charge is 0.385 e. The SMILES string of the molecule is [2H]C1([2H])CN(C)C(=O)[C@@H](NC(=O)[C@H](C)CC(=O)[C@@H](O)C([2H])(C)C([2H])([2H])[2H])c2ccccc21. The maximum absolute atomic E-state index is 12.9. The van der Waals surface area contributed by atoms with E-state index in [-0.39, 0.29) is 12.1 Å². The number of fused-ring (bicyclic) bond motifs is 1. The van der Waals surface area contributed by atoms with Gasteiger partial charge in [0.2, 0.25) is 11.8 Å². The minimum absolute atomic E-state index is 0.202. The van der Waals surface area contributed by atoms with E-state index in [1.54, 1.807) is 24.3 Å². The van der Waals surface area contributed by atoms with Gasteiger partial charge in [0.1, 0.15) is 12.1 Å². The van der Waals surface area contributed by atoms with Gasteiger partial charge in [0.15, 0.2) is 5.78 Å². The fraction of sp³-hybridized carbons (Fsp3) is 0.550. The summed E-state index contributed by atoms with van der Waals surface area (Å²) in [5, 5.41) is 12.7. The van der Waals surface area contributed by atoms with Crippen molar-refractivity contribution in [2.24, 2.45) is 11.8 Å². The van der Waals surface area contributed by atoms with Crippen molar-refractivity contribution >= 4 is 17.6 Å². The van der Waals surface area contributed by atoms with Gasteiger partial charge in [-0.05, 0) is 23.4 Å². The number of hydrogen-bond acceptors (Lipinski definition) is 4. The lowest BCUT2D eigenvalue weighted by atomic mass is 9.94. The van der Waals surface area contributed by atoms with Gasteiger partial charge in [0.05, 0.1) is 0 Å². The average Bonchev–Trinajstić information content (AvgIpc) is 2.75. The second-order valence-corrected chi connectivity index (χ2v) is 6.56. The molecular weight excluding hydrogens is 332 g/mol. The second-order valence-electron chi connectivity index (χ2n) is 6.56. The molecule has 0 saturated carbocycles. The van der Waals surface area contributed by atoms with Crippen molar-refractivity contribution in [1.29, 1.82) is 0 Å². The van der Waals surface area contributed by atoms with E-state index in [4.69, 9.17) is 8.22 Å². The zero-order valence-electron chi connectivity index (χ0n) is 21.1. The first-order valence-electron chi connectivity index (χ1n) is 11.4. The van der Waals surface area contributed by atoms with Crippen molar-refractivity contribution in [3.8, 4) is 0 Å². The average molecular weight is 366 g/mol. The van der Waals surface area contributed by atoms with Gasteiger partial charge in [-0.1, -0.05) is 45.0 Å². The van der Waals surface area contributed by atoms with Crippen LogP contribution in [-0.2, 0) is 20.8 Å². The zero-order chi connectivity index (χ0) is 24.6. The fourth-order valence-corrected chi connectivity index (χ4v) is 2.72. The summed E-state index contributed by atoms with van der Waals surface area (Å²) in [6, 6.07) is 5.19. The van der Waals surface area contributed by atoms with Crippen molar-refractivity contribution in [1.82, 2.24) is 10.2 Å². The highest BCUT2D eigenvalue weighted by molar-refractivity contribution is 5.92. The first-order valence-corrected chi connectivity index (χ1v) is 8.36. The van der Waals surface area contributed by atoms with Gasteiger partial charge >= 0.3 is 0 Å². The molecule has 6 nitrogen and oxygen atoms in total. The topological polar surface area (TPSA) is 86.7 Å². The predicted octanol–water partition coefficient (Wildman–Crippen LogP) is 1.47. The van der Waals surface area contributed by atoms with E-state index in [0.29, 0.717) is 5.56 Å². The van der Waals surface area contributed by atoms with Crippen LogP contribution in [0.2, 0.25) is 0 Å².